The molecule has 0 atom stereocenters. The zero-order chi connectivity index (χ0) is 23.8. The van der Waals surface area contributed by atoms with Crippen LogP contribution in [0.5, 0.6) is 5.75 Å². The molecule has 3 aromatic carbocycles. The Kier molecular flexibility index (Phi) is 6.39. The van der Waals surface area contributed by atoms with Gasteiger partial charge in [-0.05, 0) is 77.2 Å². The first-order valence-electron chi connectivity index (χ1n) is 9.90. The molecule has 1 saturated heterocycles. The molecule has 0 aromatic heterocycles. The maximum Gasteiger partial charge on any atom is 0.256 e. The Bertz CT molecular complexity index is 1200. The van der Waals surface area contributed by atoms with Gasteiger partial charge >= 0.3 is 0 Å². The van der Waals surface area contributed by atoms with Gasteiger partial charge in [0.15, 0.2) is 11.6 Å². The van der Waals surface area contributed by atoms with E-state index in [1.54, 1.807) is 18.2 Å². The highest BCUT2D eigenvalue weighted by Gasteiger charge is 2.44. The molecule has 4 N–H and O–H groups in total. The van der Waals surface area contributed by atoms with Gasteiger partial charge in [-0.15, -0.1) is 0 Å². The van der Waals surface area contributed by atoms with Gasteiger partial charge in [-0.3, -0.25) is 4.79 Å². The Balaban J connectivity index is 1.48. The average molecular weight is 569 g/mol. The highest BCUT2D eigenvalue weighted by atomic mass is 127. The van der Waals surface area contributed by atoms with Gasteiger partial charge in [0.05, 0.1) is 30.0 Å². The highest BCUT2D eigenvalue weighted by molar-refractivity contribution is 14.1. The van der Waals surface area contributed by atoms with E-state index in [-0.39, 0.29) is 36.6 Å². The zero-order valence-electron chi connectivity index (χ0n) is 17.1. The standard InChI is InChI=1S/C23H19F3IN3O3/c24-17-7-6-16(21(20(17)26)29-19-8-1-13(27)9-18(19)25)22(32)30-11-23(33,12-30)10-28-14-2-4-15(31)5-3-14/h1-9,28-29,31,33H,10-12H2. The largest absolute Gasteiger partial charge is 0.508 e. The van der Waals surface area contributed by atoms with E-state index in [0.29, 0.717) is 9.26 Å². The Labute approximate surface area is 201 Å². The predicted molar refractivity (Wildman–Crippen MR) is 126 cm³/mol. The minimum absolute atomic E-state index is 0.0345. The van der Waals surface area contributed by atoms with Gasteiger partial charge in [-0.25, -0.2) is 13.2 Å². The van der Waals surface area contributed by atoms with Gasteiger partial charge in [-0.1, -0.05) is 0 Å². The summed E-state index contributed by atoms with van der Waals surface area (Å²) in [5, 5.41) is 25.5. The Hall–Kier alpha value is -2.99. The van der Waals surface area contributed by atoms with Crippen molar-refractivity contribution in [3.63, 3.8) is 0 Å². The molecule has 1 aliphatic rings. The predicted octanol–water partition coefficient (Wildman–Crippen LogP) is 4.46. The molecule has 3 aromatic rings. The van der Waals surface area contributed by atoms with Crippen LogP contribution in [0, 0.1) is 21.0 Å². The van der Waals surface area contributed by atoms with Crippen molar-refractivity contribution in [3.05, 3.63) is 81.2 Å². The van der Waals surface area contributed by atoms with Gasteiger partial charge in [0, 0.05) is 15.8 Å². The maximum atomic E-state index is 14.6. The number of amides is 1. The third-order valence-electron chi connectivity index (χ3n) is 5.26. The summed E-state index contributed by atoms with van der Waals surface area (Å²) in [5.41, 5.74) is -1.30. The van der Waals surface area contributed by atoms with Crippen molar-refractivity contribution in [2.24, 2.45) is 0 Å². The Morgan fingerprint density at radius 2 is 1.73 bits per heavy atom. The molecule has 1 fully saturated rings. The molecule has 1 amide bonds. The molecule has 172 valence electrons. The first-order valence-corrected chi connectivity index (χ1v) is 11.0. The molecule has 33 heavy (non-hydrogen) atoms. The number of nitrogens with one attached hydrogen (secondary N) is 2. The fourth-order valence-corrected chi connectivity index (χ4v) is 3.97. The fourth-order valence-electron chi connectivity index (χ4n) is 3.51. The molecule has 4 rings (SSSR count). The molecule has 6 nitrogen and oxygen atoms in total. The maximum absolute atomic E-state index is 14.6. The number of aliphatic hydroxyl groups is 1. The number of aromatic hydroxyl groups is 1. The molecule has 0 radical (unpaired) electrons. The number of nitrogens with zero attached hydrogens (tertiary/aromatic N) is 1. The van der Waals surface area contributed by atoms with E-state index in [9.17, 15) is 28.2 Å². The van der Waals surface area contributed by atoms with Crippen molar-refractivity contribution in [2.45, 2.75) is 5.60 Å². The number of hydrogen-bond acceptors (Lipinski definition) is 5. The number of phenolic OH excluding ortho intramolecular Hbond substituents is 1. The average Bonchev–Trinajstić information content (AvgIpc) is 2.76. The van der Waals surface area contributed by atoms with Crippen LogP contribution in [-0.2, 0) is 0 Å². The number of benzene rings is 3. The van der Waals surface area contributed by atoms with Crippen molar-refractivity contribution < 1.29 is 28.2 Å². The van der Waals surface area contributed by atoms with Crippen LogP contribution in [-0.4, -0.2) is 46.3 Å². The smallest absolute Gasteiger partial charge is 0.256 e. The summed E-state index contributed by atoms with van der Waals surface area (Å²) >= 11 is 1.92. The van der Waals surface area contributed by atoms with E-state index in [1.165, 1.54) is 29.2 Å². The summed E-state index contributed by atoms with van der Waals surface area (Å²) in [6.07, 6.45) is 0. The SMILES string of the molecule is O=C(c1ccc(F)c(F)c1Nc1ccc(I)cc1F)N1CC(O)(CNc2ccc(O)cc2)C1. The molecule has 0 unspecified atom stereocenters. The monoisotopic (exact) mass is 569 g/mol. The Morgan fingerprint density at radius 3 is 2.39 bits per heavy atom. The van der Waals surface area contributed by atoms with Gasteiger partial charge in [-0.2, -0.15) is 0 Å². The summed E-state index contributed by atoms with van der Waals surface area (Å²) < 4.78 is 43.4. The number of anilines is 3. The van der Waals surface area contributed by atoms with Crippen LogP contribution >= 0.6 is 22.6 Å². The van der Waals surface area contributed by atoms with Gasteiger partial charge < -0.3 is 25.7 Å². The molecule has 1 aliphatic heterocycles. The summed E-state index contributed by atoms with van der Waals surface area (Å²) in [6.45, 7) is 0.0682. The quantitative estimate of drug-likeness (QED) is 0.261. The first-order chi connectivity index (χ1) is 15.6. The van der Waals surface area contributed by atoms with Crippen LogP contribution in [0.1, 0.15) is 10.4 Å². The highest BCUT2D eigenvalue weighted by Crippen LogP contribution is 2.32. The summed E-state index contributed by atoms with van der Waals surface area (Å²) in [5.74, 6) is -3.68. The summed E-state index contributed by atoms with van der Waals surface area (Å²) in [7, 11) is 0. The van der Waals surface area contributed by atoms with Crippen LogP contribution in [0.3, 0.4) is 0 Å². The second kappa shape index (κ2) is 9.10. The second-order valence-corrected chi connectivity index (χ2v) is 9.06. The van der Waals surface area contributed by atoms with Crippen molar-refractivity contribution in [2.75, 3.05) is 30.3 Å². The van der Waals surface area contributed by atoms with E-state index >= 15 is 0 Å². The van der Waals surface area contributed by atoms with E-state index < -0.39 is 34.6 Å². The van der Waals surface area contributed by atoms with Gasteiger partial charge in [0.25, 0.3) is 5.91 Å². The number of likely N-dealkylation sites (tertiary alicyclic amines) is 1. The summed E-state index contributed by atoms with van der Waals surface area (Å²) in [6, 6.07) is 12.4. The van der Waals surface area contributed by atoms with Gasteiger partial charge in [0.2, 0.25) is 0 Å². The minimum atomic E-state index is -1.30. The topological polar surface area (TPSA) is 84.8 Å². The lowest BCUT2D eigenvalue weighted by atomic mass is 9.92. The van der Waals surface area contributed by atoms with Crippen LogP contribution in [0.4, 0.5) is 30.2 Å². The van der Waals surface area contributed by atoms with Crippen molar-refractivity contribution in [1.29, 1.82) is 0 Å². The molecular formula is C23H19F3IN3O3. The molecule has 10 heteroatoms. The van der Waals surface area contributed by atoms with Crippen molar-refractivity contribution >= 4 is 45.6 Å². The van der Waals surface area contributed by atoms with Crippen LogP contribution < -0.4 is 10.6 Å². The molecule has 0 spiro atoms. The number of halogens is 4. The summed E-state index contributed by atoms with van der Waals surface area (Å²) in [4.78, 5) is 14.3. The number of rotatable bonds is 6. The molecule has 0 bridgehead atoms. The number of carbonyl (C=O) groups is 1. The minimum Gasteiger partial charge on any atom is -0.508 e. The van der Waals surface area contributed by atoms with E-state index in [1.807, 2.05) is 22.6 Å². The Morgan fingerprint density at radius 1 is 1.03 bits per heavy atom. The van der Waals surface area contributed by atoms with Crippen LogP contribution in [0.15, 0.2) is 54.6 Å². The fraction of sp³-hybridized carbons (Fsp3) is 0.174. The molecule has 1 heterocycles. The number of phenols is 1. The van der Waals surface area contributed by atoms with Crippen LogP contribution in [0.25, 0.3) is 0 Å². The molecule has 0 aliphatic carbocycles. The van der Waals surface area contributed by atoms with E-state index in [0.717, 1.165) is 12.1 Å². The molecule has 0 saturated carbocycles. The zero-order valence-corrected chi connectivity index (χ0v) is 19.2. The van der Waals surface area contributed by atoms with Crippen molar-refractivity contribution in [1.82, 2.24) is 4.90 Å². The lowest BCUT2D eigenvalue weighted by Gasteiger charge is -2.46. The normalized spacial score (nSPS) is 14.5. The van der Waals surface area contributed by atoms with Gasteiger partial charge in [0.1, 0.15) is 17.2 Å². The number of β-amino-alcohol motifs (C(OH)–C–C–N with tert-alkyl or cyclic N) is 1. The lowest BCUT2D eigenvalue weighted by molar-refractivity contribution is -0.0706. The van der Waals surface area contributed by atoms with Crippen molar-refractivity contribution in [3.8, 4) is 5.75 Å². The third-order valence-corrected chi connectivity index (χ3v) is 5.93. The number of hydrogen-bond donors (Lipinski definition) is 4. The molecular weight excluding hydrogens is 550 g/mol. The second-order valence-electron chi connectivity index (χ2n) is 7.82. The van der Waals surface area contributed by atoms with Crippen LogP contribution in [0.2, 0.25) is 0 Å². The third kappa shape index (κ3) is 5.01. The lowest BCUT2D eigenvalue weighted by Crippen LogP contribution is -2.66. The van der Waals surface area contributed by atoms with E-state index in [2.05, 4.69) is 10.6 Å². The number of carbonyl (C=O) groups excluding carboxylic acids is 1. The van der Waals surface area contributed by atoms with E-state index in [4.69, 9.17) is 0 Å². The first kappa shape index (κ1) is 23.2.